The number of nitrogens with zero attached hydrogens (tertiary/aromatic N) is 3. The number of benzene rings is 1. The maximum absolute atomic E-state index is 13.7. The number of methoxy groups -OCH3 is 1. The van der Waals surface area contributed by atoms with E-state index in [1.807, 2.05) is 4.90 Å². The lowest BCUT2D eigenvalue weighted by atomic mass is 9.75. The first kappa shape index (κ1) is 23.2. The third kappa shape index (κ3) is 4.72. The maximum Gasteiger partial charge on any atom is 0.259 e. The molecule has 0 saturated carbocycles. The number of amides is 2. The van der Waals surface area contributed by atoms with Crippen molar-refractivity contribution in [3.8, 4) is 5.88 Å². The number of carbonyl (C=O) groups excluding carboxylic acids is 2. The van der Waals surface area contributed by atoms with Gasteiger partial charge >= 0.3 is 0 Å². The molecule has 0 radical (unpaired) electrons. The van der Waals surface area contributed by atoms with Crippen LogP contribution < -0.4 is 4.74 Å². The van der Waals surface area contributed by atoms with Gasteiger partial charge < -0.3 is 14.5 Å². The molecule has 2 amide bonds. The Balaban J connectivity index is 1.49. The van der Waals surface area contributed by atoms with Gasteiger partial charge in [0.05, 0.1) is 12.5 Å². The number of halogens is 1. The SMILES string of the molecule is COc1ncccc1C(=O)N1CCC2(CC1)C[C@@H](Cc1ccc(F)cc1)N(CC(C)C)C2=O. The molecule has 0 aliphatic carbocycles. The summed E-state index contributed by atoms with van der Waals surface area (Å²) in [6.07, 6.45) is 4.39. The predicted molar refractivity (Wildman–Crippen MR) is 123 cm³/mol. The Bertz CT molecular complexity index is 1000. The fourth-order valence-corrected chi connectivity index (χ4v) is 5.26. The molecule has 2 aliphatic heterocycles. The molecule has 176 valence electrons. The smallest absolute Gasteiger partial charge is 0.259 e. The Labute approximate surface area is 194 Å². The van der Waals surface area contributed by atoms with Gasteiger partial charge in [0.15, 0.2) is 0 Å². The van der Waals surface area contributed by atoms with Crippen molar-refractivity contribution in [2.75, 3.05) is 26.7 Å². The van der Waals surface area contributed by atoms with Crippen LogP contribution in [0, 0.1) is 17.2 Å². The number of carbonyl (C=O) groups is 2. The van der Waals surface area contributed by atoms with Crippen LogP contribution in [0.2, 0.25) is 0 Å². The van der Waals surface area contributed by atoms with Crippen molar-refractivity contribution in [1.29, 1.82) is 0 Å². The molecule has 4 rings (SSSR count). The molecule has 3 heterocycles. The minimum absolute atomic E-state index is 0.0889. The number of ether oxygens (including phenoxy) is 1. The second-order valence-electron chi connectivity index (χ2n) is 9.67. The van der Waals surface area contributed by atoms with E-state index in [0.29, 0.717) is 49.8 Å². The van der Waals surface area contributed by atoms with Crippen molar-refractivity contribution in [2.45, 2.75) is 45.6 Å². The summed E-state index contributed by atoms with van der Waals surface area (Å²) in [6.45, 7) is 6.01. The molecule has 7 heteroatoms. The number of piperidine rings is 1. The first-order valence-electron chi connectivity index (χ1n) is 11.7. The van der Waals surface area contributed by atoms with E-state index in [1.54, 1.807) is 35.4 Å². The predicted octanol–water partition coefficient (Wildman–Crippen LogP) is 3.95. The monoisotopic (exact) mass is 453 g/mol. The van der Waals surface area contributed by atoms with Crippen LogP contribution in [0.15, 0.2) is 42.6 Å². The van der Waals surface area contributed by atoms with E-state index in [4.69, 9.17) is 4.74 Å². The first-order valence-corrected chi connectivity index (χ1v) is 11.7. The minimum atomic E-state index is -0.435. The van der Waals surface area contributed by atoms with Crippen molar-refractivity contribution in [1.82, 2.24) is 14.8 Å². The fourth-order valence-electron chi connectivity index (χ4n) is 5.26. The van der Waals surface area contributed by atoms with E-state index in [9.17, 15) is 14.0 Å². The summed E-state index contributed by atoms with van der Waals surface area (Å²) in [6, 6.07) is 10.1. The summed E-state index contributed by atoms with van der Waals surface area (Å²) in [5.74, 6) is 0.525. The number of aromatic nitrogens is 1. The molecule has 33 heavy (non-hydrogen) atoms. The molecule has 1 atom stereocenters. The molecule has 2 saturated heterocycles. The number of rotatable bonds is 6. The number of pyridine rings is 1. The molecule has 2 aliphatic rings. The van der Waals surface area contributed by atoms with Gasteiger partial charge in [0.1, 0.15) is 11.4 Å². The summed E-state index contributed by atoms with van der Waals surface area (Å²) >= 11 is 0. The molecule has 0 N–H and O–H groups in total. The van der Waals surface area contributed by atoms with E-state index in [1.165, 1.54) is 19.2 Å². The third-order valence-corrected chi connectivity index (χ3v) is 6.93. The van der Waals surface area contributed by atoms with E-state index in [0.717, 1.165) is 18.4 Å². The number of hydrogen-bond donors (Lipinski definition) is 0. The zero-order valence-electron chi connectivity index (χ0n) is 19.6. The summed E-state index contributed by atoms with van der Waals surface area (Å²) in [5, 5.41) is 0. The molecule has 2 aromatic rings. The van der Waals surface area contributed by atoms with Crippen LogP contribution in [0.4, 0.5) is 4.39 Å². The third-order valence-electron chi connectivity index (χ3n) is 6.93. The molecule has 1 spiro atoms. The van der Waals surface area contributed by atoms with Crippen molar-refractivity contribution in [2.24, 2.45) is 11.3 Å². The minimum Gasteiger partial charge on any atom is -0.480 e. The Hall–Kier alpha value is -2.96. The average molecular weight is 454 g/mol. The van der Waals surface area contributed by atoms with Gasteiger partial charge in [0.2, 0.25) is 11.8 Å². The summed E-state index contributed by atoms with van der Waals surface area (Å²) in [7, 11) is 1.51. The zero-order valence-corrected chi connectivity index (χ0v) is 19.6. The molecule has 1 aromatic carbocycles. The van der Waals surface area contributed by atoms with Gasteiger partial charge in [-0.3, -0.25) is 9.59 Å². The maximum atomic E-state index is 13.7. The van der Waals surface area contributed by atoms with E-state index >= 15 is 0 Å². The molecular weight excluding hydrogens is 421 g/mol. The second kappa shape index (κ2) is 9.49. The fraction of sp³-hybridized carbons (Fsp3) is 0.500. The van der Waals surface area contributed by atoms with Gasteiger partial charge in [-0.1, -0.05) is 26.0 Å². The van der Waals surface area contributed by atoms with Gasteiger partial charge in [-0.25, -0.2) is 9.37 Å². The molecule has 0 unspecified atom stereocenters. The van der Waals surface area contributed by atoms with Crippen LogP contribution in [0.25, 0.3) is 0 Å². The quantitative estimate of drug-likeness (QED) is 0.665. The summed E-state index contributed by atoms with van der Waals surface area (Å²) in [5.41, 5.74) is 1.05. The van der Waals surface area contributed by atoms with E-state index in [-0.39, 0.29) is 23.7 Å². The van der Waals surface area contributed by atoms with Crippen molar-refractivity contribution >= 4 is 11.8 Å². The van der Waals surface area contributed by atoms with Gasteiger partial charge in [0.25, 0.3) is 5.91 Å². The summed E-state index contributed by atoms with van der Waals surface area (Å²) in [4.78, 5) is 34.7. The largest absolute Gasteiger partial charge is 0.480 e. The van der Waals surface area contributed by atoms with E-state index in [2.05, 4.69) is 18.8 Å². The van der Waals surface area contributed by atoms with Gasteiger partial charge in [-0.05, 0) is 61.4 Å². The normalized spacial score (nSPS) is 20.0. The Kier molecular flexibility index (Phi) is 6.68. The van der Waals surface area contributed by atoms with Crippen molar-refractivity contribution in [3.05, 3.63) is 59.5 Å². The molecule has 6 nitrogen and oxygen atoms in total. The first-order chi connectivity index (χ1) is 15.8. The molecule has 2 fully saturated rings. The van der Waals surface area contributed by atoms with Crippen LogP contribution in [0.5, 0.6) is 5.88 Å². The second-order valence-corrected chi connectivity index (χ2v) is 9.67. The van der Waals surface area contributed by atoms with Crippen LogP contribution in [0.3, 0.4) is 0 Å². The summed E-state index contributed by atoms with van der Waals surface area (Å²) < 4.78 is 18.6. The van der Waals surface area contributed by atoms with Crippen molar-refractivity contribution < 1.29 is 18.7 Å². The molecule has 1 aromatic heterocycles. The van der Waals surface area contributed by atoms with Crippen LogP contribution in [-0.4, -0.2) is 59.4 Å². The molecular formula is C26H32FN3O3. The van der Waals surface area contributed by atoms with Crippen molar-refractivity contribution in [3.63, 3.8) is 0 Å². The zero-order chi connectivity index (χ0) is 23.6. The van der Waals surface area contributed by atoms with E-state index < -0.39 is 5.41 Å². The standard InChI is InChI=1S/C26H32FN3O3/c1-18(2)17-30-21(15-19-6-8-20(27)9-7-19)16-26(25(30)32)10-13-29(14-11-26)24(31)22-5-4-12-28-23(22)33-3/h4-9,12,18,21H,10-11,13-17H2,1-3H3/t21-/m1/s1. The lowest BCUT2D eigenvalue weighted by molar-refractivity contribution is -0.139. The Morgan fingerprint density at radius 2 is 1.91 bits per heavy atom. The highest BCUT2D eigenvalue weighted by Crippen LogP contribution is 2.45. The highest BCUT2D eigenvalue weighted by Gasteiger charge is 2.52. The Morgan fingerprint density at radius 1 is 1.21 bits per heavy atom. The number of likely N-dealkylation sites (tertiary alicyclic amines) is 2. The highest BCUT2D eigenvalue weighted by atomic mass is 19.1. The van der Waals surface area contributed by atoms with Gasteiger partial charge in [-0.2, -0.15) is 0 Å². The lowest BCUT2D eigenvalue weighted by Gasteiger charge is -2.38. The average Bonchev–Trinajstić information content (AvgIpc) is 3.05. The highest BCUT2D eigenvalue weighted by molar-refractivity contribution is 5.96. The van der Waals surface area contributed by atoms with Gasteiger partial charge in [-0.15, -0.1) is 0 Å². The number of hydrogen-bond acceptors (Lipinski definition) is 4. The van der Waals surface area contributed by atoms with Crippen LogP contribution in [-0.2, 0) is 11.2 Å². The lowest BCUT2D eigenvalue weighted by Crippen LogP contribution is -2.47. The van der Waals surface area contributed by atoms with Crippen LogP contribution in [0.1, 0.15) is 49.0 Å². The Morgan fingerprint density at radius 3 is 2.55 bits per heavy atom. The molecule has 0 bridgehead atoms. The topological polar surface area (TPSA) is 62.7 Å². The van der Waals surface area contributed by atoms with Crippen LogP contribution >= 0.6 is 0 Å². The van der Waals surface area contributed by atoms with Gasteiger partial charge in [0, 0.05) is 31.9 Å².